The molecule has 1 saturated heterocycles. The highest BCUT2D eigenvalue weighted by Gasteiger charge is 2.36. The summed E-state index contributed by atoms with van der Waals surface area (Å²) in [6, 6.07) is 0. The average molecular weight is 418 g/mol. The predicted molar refractivity (Wildman–Crippen MR) is 120 cm³/mol. The van der Waals surface area contributed by atoms with Gasteiger partial charge in [0.15, 0.2) is 0 Å². The smallest absolute Gasteiger partial charge is 0.225 e. The molecule has 1 heterocycles. The van der Waals surface area contributed by atoms with Gasteiger partial charge in [-0.2, -0.15) is 0 Å². The Bertz CT molecular complexity index is 407. The SMILES string of the molecule is CCCCCCCCCCCCCCCCNC(=O)C1CNCC1C(N)=O.Cl. The van der Waals surface area contributed by atoms with Gasteiger partial charge in [0.05, 0.1) is 11.8 Å². The lowest BCUT2D eigenvalue weighted by atomic mass is 9.94. The van der Waals surface area contributed by atoms with E-state index >= 15 is 0 Å². The van der Waals surface area contributed by atoms with E-state index in [4.69, 9.17) is 5.73 Å². The second-order valence-corrected chi connectivity index (χ2v) is 8.16. The Balaban J connectivity index is 0.00000729. The van der Waals surface area contributed by atoms with Crippen molar-refractivity contribution in [3.63, 3.8) is 0 Å². The molecule has 1 rings (SSSR count). The van der Waals surface area contributed by atoms with Gasteiger partial charge in [-0.3, -0.25) is 9.59 Å². The number of carbonyl (C=O) groups is 2. The number of primary amides is 1. The molecule has 0 bridgehead atoms. The molecule has 28 heavy (non-hydrogen) atoms. The molecule has 0 saturated carbocycles. The topological polar surface area (TPSA) is 84.2 Å². The fraction of sp³-hybridized carbons (Fsp3) is 0.909. The second-order valence-electron chi connectivity index (χ2n) is 8.16. The van der Waals surface area contributed by atoms with E-state index in [1.165, 1.54) is 83.5 Å². The van der Waals surface area contributed by atoms with Crippen LogP contribution in [0, 0.1) is 11.8 Å². The van der Waals surface area contributed by atoms with Gasteiger partial charge in [-0.25, -0.2) is 0 Å². The highest BCUT2D eigenvalue weighted by molar-refractivity contribution is 5.87. The number of rotatable bonds is 17. The number of carbonyl (C=O) groups excluding carboxylic acids is 2. The zero-order chi connectivity index (χ0) is 19.7. The Kier molecular flexibility index (Phi) is 17.7. The molecule has 2 amide bonds. The number of halogens is 1. The van der Waals surface area contributed by atoms with E-state index in [2.05, 4.69) is 17.6 Å². The number of amides is 2. The van der Waals surface area contributed by atoms with Crippen molar-refractivity contribution in [3.05, 3.63) is 0 Å². The summed E-state index contributed by atoms with van der Waals surface area (Å²) in [5.41, 5.74) is 5.35. The third-order valence-corrected chi connectivity index (χ3v) is 5.75. The molecular formula is C22H44ClN3O2. The first kappa shape index (κ1) is 27.2. The van der Waals surface area contributed by atoms with Crippen molar-refractivity contribution in [2.24, 2.45) is 17.6 Å². The van der Waals surface area contributed by atoms with Gasteiger partial charge in [0.25, 0.3) is 0 Å². The van der Waals surface area contributed by atoms with Gasteiger partial charge in [-0.05, 0) is 6.42 Å². The lowest BCUT2D eigenvalue weighted by molar-refractivity contribution is -0.131. The van der Waals surface area contributed by atoms with Gasteiger partial charge in [0, 0.05) is 19.6 Å². The minimum absolute atomic E-state index is 0. The molecule has 0 radical (unpaired) electrons. The number of hydrogen-bond acceptors (Lipinski definition) is 3. The van der Waals surface area contributed by atoms with E-state index in [1.54, 1.807) is 0 Å². The van der Waals surface area contributed by atoms with Gasteiger partial charge in [0.1, 0.15) is 0 Å². The van der Waals surface area contributed by atoms with Crippen LogP contribution in [0.2, 0.25) is 0 Å². The van der Waals surface area contributed by atoms with E-state index in [9.17, 15) is 9.59 Å². The monoisotopic (exact) mass is 417 g/mol. The van der Waals surface area contributed by atoms with Crippen LogP contribution in [0.4, 0.5) is 0 Å². The minimum Gasteiger partial charge on any atom is -0.369 e. The fourth-order valence-corrected chi connectivity index (χ4v) is 3.92. The van der Waals surface area contributed by atoms with Crippen LogP contribution in [-0.4, -0.2) is 31.4 Å². The average Bonchev–Trinajstić information content (AvgIpc) is 3.15. The minimum atomic E-state index is -0.378. The van der Waals surface area contributed by atoms with Crippen LogP contribution in [0.15, 0.2) is 0 Å². The molecule has 0 aliphatic carbocycles. The van der Waals surface area contributed by atoms with Gasteiger partial charge in [-0.1, -0.05) is 90.4 Å². The van der Waals surface area contributed by atoms with Crippen molar-refractivity contribution >= 4 is 24.2 Å². The summed E-state index contributed by atoms with van der Waals surface area (Å²) in [5, 5.41) is 6.04. The maximum absolute atomic E-state index is 12.1. The van der Waals surface area contributed by atoms with Crippen molar-refractivity contribution in [2.45, 2.75) is 96.8 Å². The van der Waals surface area contributed by atoms with Crippen LogP contribution in [0.1, 0.15) is 96.8 Å². The summed E-state index contributed by atoms with van der Waals surface area (Å²) in [7, 11) is 0. The Hall–Kier alpha value is -0.810. The molecule has 4 N–H and O–H groups in total. The molecule has 0 spiro atoms. The number of unbranched alkanes of at least 4 members (excludes halogenated alkanes) is 13. The van der Waals surface area contributed by atoms with Gasteiger partial charge in [-0.15, -0.1) is 12.4 Å². The summed E-state index contributed by atoms with van der Waals surface area (Å²) in [4.78, 5) is 23.5. The van der Waals surface area contributed by atoms with Gasteiger partial charge < -0.3 is 16.4 Å². The van der Waals surface area contributed by atoms with E-state index in [0.29, 0.717) is 19.6 Å². The van der Waals surface area contributed by atoms with Crippen molar-refractivity contribution in [1.82, 2.24) is 10.6 Å². The van der Waals surface area contributed by atoms with E-state index < -0.39 is 0 Å². The molecular weight excluding hydrogens is 374 g/mol. The summed E-state index contributed by atoms with van der Waals surface area (Å²) in [5.74, 6) is -1.06. The molecule has 0 aromatic rings. The first-order valence-corrected chi connectivity index (χ1v) is 11.4. The molecule has 1 aliphatic heterocycles. The maximum Gasteiger partial charge on any atom is 0.225 e. The third kappa shape index (κ3) is 12.6. The zero-order valence-corrected chi connectivity index (χ0v) is 18.8. The molecule has 5 nitrogen and oxygen atoms in total. The van der Waals surface area contributed by atoms with Crippen LogP contribution < -0.4 is 16.4 Å². The zero-order valence-electron chi connectivity index (χ0n) is 18.0. The predicted octanol–water partition coefficient (Wildman–Crippen LogP) is 4.33. The highest BCUT2D eigenvalue weighted by atomic mass is 35.5. The van der Waals surface area contributed by atoms with Gasteiger partial charge in [0.2, 0.25) is 11.8 Å². The Morgan fingerprint density at radius 1 is 0.786 bits per heavy atom. The summed E-state index contributed by atoms with van der Waals surface area (Å²) >= 11 is 0. The maximum atomic E-state index is 12.1. The Labute approximate surface area is 178 Å². The van der Waals surface area contributed by atoms with E-state index in [0.717, 1.165) is 6.42 Å². The van der Waals surface area contributed by atoms with Gasteiger partial charge >= 0.3 is 0 Å². The quantitative estimate of drug-likeness (QED) is 0.308. The standard InChI is InChI=1S/C22H43N3O2.ClH/c1-2-3-4-5-6-7-8-9-10-11-12-13-14-15-16-25-22(27)20-18-24-17-19(20)21(23)26;/h19-20,24H,2-18H2,1H3,(H2,23,26)(H,25,27);1H. The van der Waals surface area contributed by atoms with Crippen molar-refractivity contribution < 1.29 is 9.59 Å². The molecule has 1 aliphatic rings. The molecule has 6 heteroatoms. The Morgan fingerprint density at radius 2 is 1.21 bits per heavy atom. The number of nitrogens with two attached hydrogens (primary N) is 1. The Morgan fingerprint density at radius 3 is 1.68 bits per heavy atom. The first-order chi connectivity index (χ1) is 13.2. The summed E-state index contributed by atoms with van der Waals surface area (Å²) in [6.07, 6.45) is 18.7. The van der Waals surface area contributed by atoms with Crippen LogP contribution in [0.25, 0.3) is 0 Å². The lowest BCUT2D eigenvalue weighted by Crippen LogP contribution is -2.39. The molecule has 0 aromatic heterocycles. The van der Waals surface area contributed by atoms with Crippen molar-refractivity contribution in [2.75, 3.05) is 19.6 Å². The van der Waals surface area contributed by atoms with Crippen LogP contribution in [-0.2, 0) is 9.59 Å². The number of nitrogens with one attached hydrogen (secondary N) is 2. The second kappa shape index (κ2) is 18.2. The van der Waals surface area contributed by atoms with E-state index in [-0.39, 0.29) is 36.1 Å². The van der Waals surface area contributed by atoms with E-state index in [1.807, 2.05) is 0 Å². The lowest BCUT2D eigenvalue weighted by Gasteiger charge is -2.15. The number of hydrogen-bond donors (Lipinski definition) is 3. The molecule has 0 aromatic carbocycles. The van der Waals surface area contributed by atoms with Crippen LogP contribution in [0.5, 0.6) is 0 Å². The van der Waals surface area contributed by atoms with Crippen LogP contribution >= 0.6 is 12.4 Å². The summed E-state index contributed by atoms with van der Waals surface area (Å²) < 4.78 is 0. The van der Waals surface area contributed by atoms with Crippen LogP contribution in [0.3, 0.4) is 0 Å². The first-order valence-electron chi connectivity index (χ1n) is 11.4. The highest BCUT2D eigenvalue weighted by Crippen LogP contribution is 2.16. The fourth-order valence-electron chi connectivity index (χ4n) is 3.92. The molecule has 2 atom stereocenters. The largest absolute Gasteiger partial charge is 0.369 e. The van der Waals surface area contributed by atoms with Crippen molar-refractivity contribution in [1.29, 1.82) is 0 Å². The third-order valence-electron chi connectivity index (χ3n) is 5.75. The van der Waals surface area contributed by atoms with Crippen molar-refractivity contribution in [3.8, 4) is 0 Å². The molecule has 2 unspecified atom stereocenters. The normalized spacial score (nSPS) is 18.6. The molecule has 1 fully saturated rings. The summed E-state index contributed by atoms with van der Waals surface area (Å²) in [6.45, 7) is 4.05. The molecule has 166 valence electrons.